The van der Waals surface area contributed by atoms with Crippen molar-refractivity contribution in [3.8, 4) is 0 Å². The number of nitrogens with zero attached hydrogens (tertiary/aromatic N) is 2. The Hall–Kier alpha value is -1.65. The van der Waals surface area contributed by atoms with Crippen molar-refractivity contribution >= 4 is 11.0 Å². The zero-order valence-electron chi connectivity index (χ0n) is 10.8. The second-order valence-electron chi connectivity index (χ2n) is 5.56. The van der Waals surface area contributed by atoms with Crippen LogP contribution >= 0.6 is 0 Å². The number of hydrogen-bond donors (Lipinski definition) is 1. The minimum absolute atomic E-state index is 0.114. The van der Waals surface area contributed by atoms with Crippen LogP contribution in [0.15, 0.2) is 9.32 Å². The van der Waals surface area contributed by atoms with E-state index >= 15 is 0 Å². The summed E-state index contributed by atoms with van der Waals surface area (Å²) in [5.74, 6) is 1.33. The third kappa shape index (κ3) is 1.97. The van der Waals surface area contributed by atoms with E-state index in [0.717, 1.165) is 0 Å². The van der Waals surface area contributed by atoms with E-state index in [2.05, 4.69) is 15.1 Å². The summed E-state index contributed by atoms with van der Waals surface area (Å²) >= 11 is 0. The summed E-state index contributed by atoms with van der Waals surface area (Å²) in [7, 11) is 0. The standard InChI is InChI=1S/C12H17N3O2/c1-6(2)8-7-9(15-17-8)13-11(12(3,4)5)14-10(7)16/h6H,1-5H3,(H,13,14,15,16). The molecule has 0 bridgehead atoms. The average Bonchev–Trinajstić information content (AvgIpc) is 2.60. The van der Waals surface area contributed by atoms with Crippen LogP contribution in [0.1, 0.15) is 52.1 Å². The quantitative estimate of drug-likeness (QED) is 0.823. The van der Waals surface area contributed by atoms with Gasteiger partial charge in [-0.2, -0.15) is 0 Å². The van der Waals surface area contributed by atoms with E-state index in [1.165, 1.54) is 0 Å². The lowest BCUT2D eigenvalue weighted by Gasteiger charge is -2.16. The molecule has 92 valence electrons. The Bertz CT molecular complexity index is 602. The van der Waals surface area contributed by atoms with Crippen molar-refractivity contribution in [2.45, 2.75) is 46.0 Å². The largest absolute Gasteiger partial charge is 0.358 e. The van der Waals surface area contributed by atoms with E-state index in [1.54, 1.807) is 0 Å². The van der Waals surface area contributed by atoms with Gasteiger partial charge in [-0.25, -0.2) is 4.98 Å². The van der Waals surface area contributed by atoms with E-state index in [9.17, 15) is 4.79 Å². The molecule has 0 amide bonds. The molecule has 2 aromatic rings. The number of rotatable bonds is 1. The highest BCUT2D eigenvalue weighted by atomic mass is 16.5. The summed E-state index contributed by atoms with van der Waals surface area (Å²) in [5.41, 5.74) is -0.00292. The molecule has 0 aromatic carbocycles. The van der Waals surface area contributed by atoms with Crippen molar-refractivity contribution in [2.75, 3.05) is 0 Å². The molecule has 0 radical (unpaired) electrons. The zero-order valence-corrected chi connectivity index (χ0v) is 10.8. The van der Waals surface area contributed by atoms with Crippen LogP contribution in [0.3, 0.4) is 0 Å². The van der Waals surface area contributed by atoms with Gasteiger partial charge in [0.25, 0.3) is 5.56 Å². The number of aromatic amines is 1. The summed E-state index contributed by atoms with van der Waals surface area (Å²) in [5, 5.41) is 4.33. The molecule has 2 aromatic heterocycles. The van der Waals surface area contributed by atoms with Crippen molar-refractivity contribution in [3.05, 3.63) is 21.9 Å². The van der Waals surface area contributed by atoms with Crippen LogP contribution in [-0.2, 0) is 5.41 Å². The fourth-order valence-corrected chi connectivity index (χ4v) is 1.64. The van der Waals surface area contributed by atoms with Gasteiger partial charge in [0.1, 0.15) is 11.2 Å². The van der Waals surface area contributed by atoms with Gasteiger partial charge in [-0.3, -0.25) is 4.79 Å². The van der Waals surface area contributed by atoms with E-state index in [4.69, 9.17) is 4.52 Å². The molecule has 2 heterocycles. The van der Waals surface area contributed by atoms with Gasteiger partial charge in [-0.1, -0.05) is 39.8 Å². The van der Waals surface area contributed by atoms with Crippen LogP contribution in [0.2, 0.25) is 0 Å². The van der Waals surface area contributed by atoms with Crippen LogP contribution in [0, 0.1) is 0 Å². The first-order valence-electron chi connectivity index (χ1n) is 5.71. The van der Waals surface area contributed by atoms with Gasteiger partial charge in [-0.15, -0.1) is 0 Å². The first-order valence-corrected chi connectivity index (χ1v) is 5.71. The molecule has 0 saturated heterocycles. The average molecular weight is 235 g/mol. The summed E-state index contributed by atoms with van der Waals surface area (Å²) in [4.78, 5) is 19.2. The maximum atomic E-state index is 12.0. The number of fused-ring (bicyclic) bond motifs is 1. The molecule has 0 aliphatic carbocycles. The van der Waals surface area contributed by atoms with Crippen LogP contribution in [0.25, 0.3) is 11.0 Å². The Labute approximate surface area is 99.2 Å². The van der Waals surface area contributed by atoms with E-state index in [-0.39, 0.29) is 16.9 Å². The smallest absolute Gasteiger partial charge is 0.264 e. The molecule has 17 heavy (non-hydrogen) atoms. The van der Waals surface area contributed by atoms with Gasteiger partial charge in [0.15, 0.2) is 5.76 Å². The third-order valence-corrected chi connectivity index (χ3v) is 2.61. The number of H-pyrrole nitrogens is 1. The molecule has 0 fully saturated rings. The maximum absolute atomic E-state index is 12.0. The fraction of sp³-hybridized carbons (Fsp3) is 0.583. The molecule has 5 heteroatoms. The Kier molecular flexibility index (Phi) is 2.56. The van der Waals surface area contributed by atoms with Gasteiger partial charge >= 0.3 is 0 Å². The van der Waals surface area contributed by atoms with Crippen molar-refractivity contribution in [2.24, 2.45) is 0 Å². The molecular weight excluding hydrogens is 218 g/mol. The summed E-state index contributed by atoms with van der Waals surface area (Å²) < 4.78 is 5.19. The minimum Gasteiger partial charge on any atom is -0.358 e. The highest BCUT2D eigenvalue weighted by Crippen LogP contribution is 2.23. The molecule has 0 aliphatic rings. The first-order chi connectivity index (χ1) is 7.80. The van der Waals surface area contributed by atoms with Crippen molar-refractivity contribution < 1.29 is 4.52 Å². The van der Waals surface area contributed by atoms with E-state index < -0.39 is 0 Å². The highest BCUT2D eigenvalue weighted by molar-refractivity contribution is 5.76. The number of aromatic nitrogens is 3. The van der Waals surface area contributed by atoms with Crippen molar-refractivity contribution in [3.63, 3.8) is 0 Å². The minimum atomic E-state index is -0.218. The van der Waals surface area contributed by atoms with Crippen molar-refractivity contribution in [1.82, 2.24) is 15.1 Å². The first kappa shape index (κ1) is 11.8. The normalized spacial score (nSPS) is 12.6. The molecule has 0 saturated carbocycles. The molecule has 1 N–H and O–H groups in total. The van der Waals surface area contributed by atoms with Gasteiger partial charge in [0, 0.05) is 11.3 Å². The molecule has 0 unspecified atom stereocenters. The monoisotopic (exact) mass is 235 g/mol. The number of nitrogens with one attached hydrogen (secondary N) is 1. The predicted octanol–water partition coefficient (Wildman–Crippen LogP) is 2.33. The Morgan fingerprint density at radius 2 is 1.94 bits per heavy atom. The SMILES string of the molecule is CC(C)c1onc2nc(C(C)(C)C)[nH]c(=O)c12. The lowest BCUT2D eigenvalue weighted by Crippen LogP contribution is -2.22. The lowest BCUT2D eigenvalue weighted by molar-refractivity contribution is 0.377. The van der Waals surface area contributed by atoms with Gasteiger partial charge in [0.05, 0.1) is 0 Å². The van der Waals surface area contributed by atoms with Crippen molar-refractivity contribution in [1.29, 1.82) is 0 Å². The molecule has 0 spiro atoms. The van der Waals surface area contributed by atoms with Crippen LogP contribution < -0.4 is 5.56 Å². The topological polar surface area (TPSA) is 71.8 Å². The molecule has 0 atom stereocenters. The highest BCUT2D eigenvalue weighted by Gasteiger charge is 2.22. The second kappa shape index (κ2) is 3.68. The van der Waals surface area contributed by atoms with E-state index in [1.807, 2.05) is 34.6 Å². The number of hydrogen-bond acceptors (Lipinski definition) is 4. The van der Waals surface area contributed by atoms with Crippen LogP contribution in [0.5, 0.6) is 0 Å². The lowest BCUT2D eigenvalue weighted by atomic mass is 9.95. The molecule has 0 aliphatic heterocycles. The van der Waals surface area contributed by atoms with Crippen LogP contribution in [-0.4, -0.2) is 15.1 Å². The molecular formula is C12H17N3O2. The van der Waals surface area contributed by atoms with Gasteiger partial charge < -0.3 is 9.51 Å². The Balaban J connectivity index is 2.75. The Morgan fingerprint density at radius 3 is 2.47 bits per heavy atom. The van der Waals surface area contributed by atoms with Gasteiger partial charge in [-0.05, 0) is 0 Å². The maximum Gasteiger partial charge on any atom is 0.264 e. The third-order valence-electron chi connectivity index (χ3n) is 2.61. The predicted molar refractivity (Wildman–Crippen MR) is 65.2 cm³/mol. The molecule has 2 rings (SSSR count). The van der Waals surface area contributed by atoms with Crippen LogP contribution in [0.4, 0.5) is 0 Å². The summed E-state index contributed by atoms with van der Waals surface area (Å²) in [6.45, 7) is 9.87. The zero-order chi connectivity index (χ0) is 12.8. The summed E-state index contributed by atoms with van der Waals surface area (Å²) in [6, 6.07) is 0. The second-order valence-corrected chi connectivity index (χ2v) is 5.56. The summed E-state index contributed by atoms with van der Waals surface area (Å²) in [6.07, 6.45) is 0. The van der Waals surface area contributed by atoms with Gasteiger partial charge in [0.2, 0.25) is 5.65 Å². The molecule has 5 nitrogen and oxygen atoms in total. The fourth-order valence-electron chi connectivity index (χ4n) is 1.64. The Morgan fingerprint density at radius 1 is 1.29 bits per heavy atom. The van der Waals surface area contributed by atoms with E-state index in [0.29, 0.717) is 22.6 Å².